The van der Waals surface area contributed by atoms with E-state index in [9.17, 15) is 4.79 Å². The van der Waals surface area contributed by atoms with Gasteiger partial charge in [-0.15, -0.1) is 0 Å². The maximum atomic E-state index is 13.5. The van der Waals surface area contributed by atoms with Gasteiger partial charge in [0.1, 0.15) is 11.5 Å². The van der Waals surface area contributed by atoms with Crippen LogP contribution in [0.2, 0.25) is 0 Å². The van der Waals surface area contributed by atoms with Gasteiger partial charge in [-0.25, -0.2) is 4.99 Å². The van der Waals surface area contributed by atoms with Gasteiger partial charge in [0.05, 0.1) is 23.8 Å². The highest BCUT2D eigenvalue weighted by molar-refractivity contribution is 8.18. The van der Waals surface area contributed by atoms with Crippen molar-refractivity contribution in [3.8, 4) is 11.5 Å². The van der Waals surface area contributed by atoms with Crippen LogP contribution in [0, 0.1) is 0 Å². The summed E-state index contributed by atoms with van der Waals surface area (Å²) in [5, 5.41) is 0.767. The zero-order chi connectivity index (χ0) is 22.3. The molecule has 1 aliphatic carbocycles. The molecule has 1 saturated carbocycles. The average molecular weight is 451 g/mol. The molecule has 0 spiro atoms. The summed E-state index contributed by atoms with van der Waals surface area (Å²) in [5.74, 6) is 1.52. The van der Waals surface area contributed by atoms with Crippen LogP contribution in [-0.4, -0.2) is 35.2 Å². The van der Waals surface area contributed by atoms with Gasteiger partial charge in [-0.05, 0) is 68.8 Å². The monoisotopic (exact) mass is 450 g/mol. The van der Waals surface area contributed by atoms with Crippen LogP contribution in [-0.2, 0) is 4.79 Å². The number of rotatable bonds is 7. The van der Waals surface area contributed by atoms with Crippen molar-refractivity contribution < 1.29 is 14.3 Å². The van der Waals surface area contributed by atoms with E-state index in [0.717, 1.165) is 53.6 Å². The molecule has 0 atom stereocenters. The second-order valence-electron chi connectivity index (χ2n) is 7.87. The van der Waals surface area contributed by atoms with Gasteiger partial charge in [0.15, 0.2) is 5.17 Å². The molecule has 1 amide bonds. The number of benzene rings is 2. The van der Waals surface area contributed by atoms with Crippen LogP contribution in [0.5, 0.6) is 11.5 Å². The maximum absolute atomic E-state index is 13.5. The minimum Gasteiger partial charge on any atom is -0.494 e. The first-order valence-corrected chi connectivity index (χ1v) is 12.3. The summed E-state index contributed by atoms with van der Waals surface area (Å²) in [5.41, 5.74) is 1.73. The standard InChI is InChI=1S/C26H30N2O3S/c1-3-30-22-16-15-19(23(18-22)31-4-2)17-24-25(29)28(21-13-9-6-10-14-21)26(32-24)27-20-11-7-5-8-12-20/h5,7-8,11-12,15-18,21H,3-4,6,9-10,13-14H2,1-2H3. The molecule has 2 aromatic carbocycles. The number of para-hydroxylation sites is 1. The summed E-state index contributed by atoms with van der Waals surface area (Å²) in [6.07, 6.45) is 7.54. The fraction of sp³-hybridized carbons (Fsp3) is 0.385. The van der Waals surface area contributed by atoms with Crippen molar-refractivity contribution in [2.45, 2.75) is 52.0 Å². The molecule has 32 heavy (non-hydrogen) atoms. The van der Waals surface area contributed by atoms with Crippen LogP contribution >= 0.6 is 11.8 Å². The molecule has 6 heteroatoms. The van der Waals surface area contributed by atoms with E-state index in [0.29, 0.717) is 18.1 Å². The lowest BCUT2D eigenvalue weighted by molar-refractivity contribution is -0.124. The molecule has 2 fully saturated rings. The molecule has 0 aromatic heterocycles. The Labute approximate surface area is 194 Å². The molecular weight excluding hydrogens is 420 g/mol. The number of hydrogen-bond acceptors (Lipinski definition) is 5. The quantitative estimate of drug-likeness (QED) is 0.457. The molecule has 2 aliphatic rings. The Bertz CT molecular complexity index is 997. The Kier molecular flexibility index (Phi) is 7.53. The van der Waals surface area contributed by atoms with E-state index >= 15 is 0 Å². The number of nitrogens with zero attached hydrogens (tertiary/aromatic N) is 2. The third-order valence-electron chi connectivity index (χ3n) is 5.64. The number of thioether (sulfide) groups is 1. The predicted molar refractivity (Wildman–Crippen MR) is 132 cm³/mol. The van der Waals surface area contributed by atoms with Crippen molar-refractivity contribution in [1.29, 1.82) is 0 Å². The Balaban J connectivity index is 1.69. The molecule has 0 N–H and O–H groups in total. The maximum Gasteiger partial charge on any atom is 0.267 e. The van der Waals surface area contributed by atoms with Gasteiger partial charge in [0.25, 0.3) is 5.91 Å². The Hall–Kier alpha value is -2.73. The summed E-state index contributed by atoms with van der Waals surface area (Å²) >= 11 is 1.45. The van der Waals surface area contributed by atoms with Crippen LogP contribution in [0.3, 0.4) is 0 Å². The van der Waals surface area contributed by atoms with Crippen molar-refractivity contribution in [1.82, 2.24) is 4.90 Å². The summed E-state index contributed by atoms with van der Waals surface area (Å²) in [4.78, 5) is 21.0. The first kappa shape index (κ1) is 22.5. The van der Waals surface area contributed by atoms with Crippen LogP contribution in [0.25, 0.3) is 6.08 Å². The summed E-state index contributed by atoms with van der Waals surface area (Å²) in [7, 11) is 0. The zero-order valence-corrected chi connectivity index (χ0v) is 19.6. The van der Waals surface area contributed by atoms with Gasteiger partial charge < -0.3 is 9.47 Å². The lowest BCUT2D eigenvalue weighted by Gasteiger charge is -2.30. The van der Waals surface area contributed by atoms with E-state index in [1.807, 2.05) is 73.4 Å². The van der Waals surface area contributed by atoms with Crippen LogP contribution < -0.4 is 9.47 Å². The summed E-state index contributed by atoms with van der Waals surface area (Å²) < 4.78 is 11.5. The molecule has 0 bridgehead atoms. The first-order valence-electron chi connectivity index (χ1n) is 11.5. The van der Waals surface area contributed by atoms with E-state index in [-0.39, 0.29) is 11.9 Å². The van der Waals surface area contributed by atoms with Gasteiger partial charge in [0, 0.05) is 17.7 Å². The van der Waals surface area contributed by atoms with Crippen molar-refractivity contribution in [3.63, 3.8) is 0 Å². The van der Waals surface area contributed by atoms with E-state index in [1.165, 1.54) is 18.2 Å². The highest BCUT2D eigenvalue weighted by Gasteiger charge is 2.38. The molecule has 168 valence electrons. The van der Waals surface area contributed by atoms with Crippen molar-refractivity contribution in [3.05, 3.63) is 59.0 Å². The lowest BCUT2D eigenvalue weighted by atomic mass is 9.94. The fourth-order valence-corrected chi connectivity index (χ4v) is 5.20. The van der Waals surface area contributed by atoms with Gasteiger partial charge in [0.2, 0.25) is 0 Å². The van der Waals surface area contributed by atoms with Crippen LogP contribution in [0.4, 0.5) is 5.69 Å². The minimum absolute atomic E-state index is 0.0351. The van der Waals surface area contributed by atoms with Gasteiger partial charge in [-0.2, -0.15) is 0 Å². The molecule has 0 radical (unpaired) electrons. The molecule has 1 aliphatic heterocycles. The van der Waals surface area contributed by atoms with Gasteiger partial charge in [-0.1, -0.05) is 37.5 Å². The Morgan fingerprint density at radius 1 is 1.03 bits per heavy atom. The molecule has 0 unspecified atom stereocenters. The summed E-state index contributed by atoms with van der Waals surface area (Å²) in [6, 6.07) is 15.8. The largest absolute Gasteiger partial charge is 0.494 e. The smallest absolute Gasteiger partial charge is 0.267 e. The number of carbonyl (C=O) groups is 1. The molecule has 1 saturated heterocycles. The topological polar surface area (TPSA) is 51.1 Å². The normalized spacial score (nSPS) is 19.7. The van der Waals surface area contributed by atoms with E-state index < -0.39 is 0 Å². The number of amidine groups is 1. The van der Waals surface area contributed by atoms with Crippen LogP contribution in [0.1, 0.15) is 51.5 Å². The predicted octanol–water partition coefficient (Wildman–Crippen LogP) is 6.42. The Morgan fingerprint density at radius 3 is 2.50 bits per heavy atom. The minimum atomic E-state index is 0.0351. The first-order chi connectivity index (χ1) is 15.7. The second-order valence-corrected chi connectivity index (χ2v) is 8.88. The third kappa shape index (κ3) is 5.18. The molecule has 4 rings (SSSR count). The molecule has 1 heterocycles. The lowest BCUT2D eigenvalue weighted by Crippen LogP contribution is -2.40. The molecular formula is C26H30N2O3S. The molecule has 5 nitrogen and oxygen atoms in total. The van der Waals surface area contributed by atoms with Crippen molar-refractivity contribution >= 4 is 34.6 Å². The average Bonchev–Trinajstić information content (AvgIpc) is 3.11. The molecule has 2 aromatic rings. The zero-order valence-electron chi connectivity index (χ0n) is 18.8. The fourth-order valence-electron chi connectivity index (χ4n) is 4.15. The van der Waals surface area contributed by atoms with Crippen molar-refractivity contribution in [2.75, 3.05) is 13.2 Å². The number of amides is 1. The highest BCUT2D eigenvalue weighted by Crippen LogP contribution is 2.39. The van der Waals surface area contributed by atoms with Gasteiger partial charge >= 0.3 is 0 Å². The number of carbonyl (C=O) groups excluding carboxylic acids is 1. The van der Waals surface area contributed by atoms with Crippen LogP contribution in [0.15, 0.2) is 58.4 Å². The SMILES string of the molecule is CCOc1ccc(C=C2SC(=Nc3ccccc3)N(C3CCCCC3)C2=O)c(OCC)c1. The van der Waals surface area contributed by atoms with E-state index in [1.54, 1.807) is 0 Å². The van der Waals surface area contributed by atoms with E-state index in [4.69, 9.17) is 14.5 Å². The van der Waals surface area contributed by atoms with Gasteiger partial charge in [-0.3, -0.25) is 9.69 Å². The van der Waals surface area contributed by atoms with Crippen molar-refractivity contribution in [2.24, 2.45) is 4.99 Å². The third-order valence-corrected chi connectivity index (χ3v) is 6.62. The second kappa shape index (κ2) is 10.7. The van der Waals surface area contributed by atoms with E-state index in [2.05, 4.69) is 0 Å². The highest BCUT2D eigenvalue weighted by atomic mass is 32.2. The number of ether oxygens (including phenoxy) is 2. The Morgan fingerprint density at radius 2 is 1.78 bits per heavy atom. The number of hydrogen-bond donors (Lipinski definition) is 0. The number of aliphatic imine (C=N–C) groups is 1. The summed E-state index contributed by atoms with van der Waals surface area (Å²) in [6.45, 7) is 5.05.